The van der Waals surface area contributed by atoms with Crippen LogP contribution in [0.4, 0.5) is 9.93 Å². The molecule has 1 aliphatic heterocycles. The van der Waals surface area contributed by atoms with Crippen LogP contribution in [0.5, 0.6) is 0 Å². The van der Waals surface area contributed by atoms with E-state index in [0.29, 0.717) is 5.13 Å². The van der Waals surface area contributed by atoms with Crippen LogP contribution in [-0.2, 0) is 11.3 Å². The maximum absolute atomic E-state index is 12.0. The SMILES string of the molecule is N#CC1CCCC1NC(=O)Nc1nc(CN2CCOCC2)cs1. The molecule has 2 amide bonds. The molecule has 0 aromatic carbocycles. The summed E-state index contributed by atoms with van der Waals surface area (Å²) in [5.74, 6) is -0.0751. The van der Waals surface area contributed by atoms with Gasteiger partial charge in [-0.25, -0.2) is 9.78 Å². The number of urea groups is 1. The van der Waals surface area contributed by atoms with E-state index in [1.54, 1.807) is 0 Å². The highest BCUT2D eigenvalue weighted by Crippen LogP contribution is 2.25. The van der Waals surface area contributed by atoms with E-state index in [2.05, 4.69) is 26.6 Å². The summed E-state index contributed by atoms with van der Waals surface area (Å²) in [4.78, 5) is 18.8. The Morgan fingerprint density at radius 2 is 2.30 bits per heavy atom. The highest BCUT2D eigenvalue weighted by Gasteiger charge is 2.28. The van der Waals surface area contributed by atoms with Gasteiger partial charge in [-0.05, 0) is 19.3 Å². The Kier molecular flexibility index (Phi) is 5.43. The van der Waals surface area contributed by atoms with E-state index >= 15 is 0 Å². The molecule has 2 N–H and O–H groups in total. The van der Waals surface area contributed by atoms with Crippen LogP contribution in [0.3, 0.4) is 0 Å². The minimum absolute atomic E-state index is 0.0483. The third-order valence-electron chi connectivity index (χ3n) is 4.26. The summed E-state index contributed by atoms with van der Waals surface area (Å²) in [6.07, 6.45) is 2.72. The Morgan fingerprint density at radius 3 is 3.09 bits per heavy atom. The number of rotatable bonds is 4. The predicted octanol–water partition coefficient (Wildman–Crippen LogP) is 1.79. The van der Waals surface area contributed by atoms with Crippen molar-refractivity contribution in [3.63, 3.8) is 0 Å². The lowest BCUT2D eigenvalue weighted by Gasteiger charge is -2.25. The van der Waals surface area contributed by atoms with Crippen molar-refractivity contribution in [2.45, 2.75) is 31.8 Å². The first kappa shape index (κ1) is 16.2. The van der Waals surface area contributed by atoms with Gasteiger partial charge in [0.15, 0.2) is 5.13 Å². The van der Waals surface area contributed by atoms with Gasteiger partial charge in [0.1, 0.15) is 0 Å². The molecule has 7 nitrogen and oxygen atoms in total. The maximum atomic E-state index is 12.0. The van der Waals surface area contributed by atoms with Crippen LogP contribution in [0.1, 0.15) is 25.0 Å². The molecule has 124 valence electrons. The van der Waals surface area contributed by atoms with Gasteiger partial charge in [0, 0.05) is 31.1 Å². The molecule has 1 aromatic heterocycles. The Balaban J connectivity index is 1.48. The third kappa shape index (κ3) is 4.41. The summed E-state index contributed by atoms with van der Waals surface area (Å²) >= 11 is 1.42. The molecule has 2 aliphatic rings. The van der Waals surface area contributed by atoms with Crippen molar-refractivity contribution >= 4 is 22.5 Å². The number of nitriles is 1. The average molecular weight is 335 g/mol. The lowest BCUT2D eigenvalue weighted by Crippen LogP contribution is -2.39. The van der Waals surface area contributed by atoms with Gasteiger partial charge in [0.2, 0.25) is 0 Å². The fourth-order valence-corrected chi connectivity index (χ4v) is 3.71. The number of carbonyl (C=O) groups is 1. The Morgan fingerprint density at radius 1 is 1.48 bits per heavy atom. The number of nitrogens with one attached hydrogen (secondary N) is 2. The third-order valence-corrected chi connectivity index (χ3v) is 5.07. The summed E-state index contributed by atoms with van der Waals surface area (Å²) in [5, 5.41) is 17.3. The number of hydrogen-bond donors (Lipinski definition) is 2. The van der Waals surface area contributed by atoms with Crippen molar-refractivity contribution in [3.05, 3.63) is 11.1 Å². The monoisotopic (exact) mass is 335 g/mol. The van der Waals surface area contributed by atoms with E-state index in [4.69, 9.17) is 10.00 Å². The van der Waals surface area contributed by atoms with Gasteiger partial charge in [-0.2, -0.15) is 5.26 Å². The topological polar surface area (TPSA) is 90.3 Å². The van der Waals surface area contributed by atoms with Crippen LogP contribution < -0.4 is 10.6 Å². The predicted molar refractivity (Wildman–Crippen MR) is 87.1 cm³/mol. The lowest BCUT2D eigenvalue weighted by atomic mass is 10.1. The van der Waals surface area contributed by atoms with E-state index in [0.717, 1.165) is 57.8 Å². The van der Waals surface area contributed by atoms with Gasteiger partial charge >= 0.3 is 6.03 Å². The largest absolute Gasteiger partial charge is 0.379 e. The van der Waals surface area contributed by atoms with Crippen LogP contribution in [-0.4, -0.2) is 48.3 Å². The normalized spacial score (nSPS) is 25.0. The van der Waals surface area contributed by atoms with Crippen LogP contribution >= 0.6 is 11.3 Å². The molecular weight excluding hydrogens is 314 g/mol. The molecule has 0 bridgehead atoms. The van der Waals surface area contributed by atoms with Crippen molar-refractivity contribution < 1.29 is 9.53 Å². The second-order valence-corrected chi connectivity index (χ2v) is 6.76. The number of thiazole rings is 1. The average Bonchev–Trinajstić information content (AvgIpc) is 3.17. The van der Waals surface area contributed by atoms with Gasteiger partial charge in [-0.15, -0.1) is 11.3 Å². The quantitative estimate of drug-likeness (QED) is 0.875. The first-order valence-electron chi connectivity index (χ1n) is 7.96. The Hall–Kier alpha value is -1.69. The number of anilines is 1. The highest BCUT2D eigenvalue weighted by molar-refractivity contribution is 7.13. The Bertz CT molecular complexity index is 579. The van der Waals surface area contributed by atoms with Crippen LogP contribution in [0.15, 0.2) is 5.38 Å². The molecule has 0 radical (unpaired) electrons. The van der Waals surface area contributed by atoms with Crippen molar-refractivity contribution in [1.82, 2.24) is 15.2 Å². The fourth-order valence-electron chi connectivity index (χ4n) is 3.01. The van der Waals surface area contributed by atoms with Crippen molar-refractivity contribution in [3.8, 4) is 6.07 Å². The van der Waals surface area contributed by atoms with E-state index < -0.39 is 0 Å². The van der Waals surface area contributed by atoms with Crippen LogP contribution in [0, 0.1) is 17.2 Å². The second kappa shape index (κ2) is 7.73. The zero-order valence-electron chi connectivity index (χ0n) is 13.0. The number of aromatic nitrogens is 1. The van der Waals surface area contributed by atoms with Gasteiger partial charge in [0.05, 0.1) is 30.9 Å². The molecule has 2 atom stereocenters. The molecule has 23 heavy (non-hydrogen) atoms. The first-order chi connectivity index (χ1) is 11.2. The number of hydrogen-bond acceptors (Lipinski definition) is 6. The maximum Gasteiger partial charge on any atom is 0.321 e. The van der Waals surface area contributed by atoms with E-state index in [9.17, 15) is 4.79 Å². The molecule has 1 aromatic rings. The van der Waals surface area contributed by atoms with E-state index in [1.807, 2.05) is 5.38 Å². The number of amides is 2. The summed E-state index contributed by atoms with van der Waals surface area (Å²) in [5.41, 5.74) is 0.961. The van der Waals surface area contributed by atoms with Crippen molar-refractivity contribution in [1.29, 1.82) is 5.26 Å². The zero-order chi connectivity index (χ0) is 16.1. The van der Waals surface area contributed by atoms with Gasteiger partial charge < -0.3 is 10.1 Å². The minimum atomic E-state index is -0.274. The molecular formula is C15H21N5O2S. The van der Waals surface area contributed by atoms with E-state index in [-0.39, 0.29) is 18.0 Å². The molecule has 2 heterocycles. The fraction of sp³-hybridized carbons (Fsp3) is 0.667. The second-order valence-electron chi connectivity index (χ2n) is 5.90. The molecule has 1 aliphatic carbocycles. The number of morpholine rings is 1. The van der Waals surface area contributed by atoms with Gasteiger partial charge in [0.25, 0.3) is 0 Å². The molecule has 8 heteroatoms. The number of nitrogens with zero attached hydrogens (tertiary/aromatic N) is 3. The smallest absolute Gasteiger partial charge is 0.321 e. The summed E-state index contributed by atoms with van der Waals surface area (Å²) in [6.45, 7) is 4.14. The minimum Gasteiger partial charge on any atom is -0.379 e. The van der Waals surface area contributed by atoms with E-state index in [1.165, 1.54) is 11.3 Å². The van der Waals surface area contributed by atoms with Crippen molar-refractivity contribution in [2.75, 3.05) is 31.6 Å². The first-order valence-corrected chi connectivity index (χ1v) is 8.84. The summed E-state index contributed by atoms with van der Waals surface area (Å²) < 4.78 is 5.33. The number of ether oxygens (including phenoxy) is 1. The molecule has 3 rings (SSSR count). The summed E-state index contributed by atoms with van der Waals surface area (Å²) in [7, 11) is 0. The molecule has 0 spiro atoms. The van der Waals surface area contributed by atoms with Crippen LogP contribution in [0.25, 0.3) is 0 Å². The van der Waals surface area contributed by atoms with Gasteiger partial charge in [-0.1, -0.05) is 0 Å². The molecule has 2 unspecified atom stereocenters. The lowest BCUT2D eigenvalue weighted by molar-refractivity contribution is 0.0337. The summed E-state index contributed by atoms with van der Waals surface area (Å²) in [6, 6.07) is 1.94. The number of carbonyl (C=O) groups excluding carboxylic acids is 1. The highest BCUT2D eigenvalue weighted by atomic mass is 32.1. The van der Waals surface area contributed by atoms with Crippen molar-refractivity contribution in [2.24, 2.45) is 5.92 Å². The van der Waals surface area contributed by atoms with Gasteiger partial charge in [-0.3, -0.25) is 10.2 Å². The molecule has 2 fully saturated rings. The Labute approximate surface area is 139 Å². The standard InChI is InChI=1S/C15H21N5O2S/c16-8-11-2-1-3-13(11)18-14(21)19-15-17-12(10-23-15)9-20-4-6-22-7-5-20/h10-11,13H,1-7,9H2,(H2,17,18,19,21). The molecule has 1 saturated heterocycles. The van der Waals surface area contributed by atoms with Crippen LogP contribution in [0.2, 0.25) is 0 Å². The molecule has 1 saturated carbocycles. The zero-order valence-corrected chi connectivity index (χ0v) is 13.8.